The van der Waals surface area contributed by atoms with Crippen LogP contribution in [0.1, 0.15) is 10.4 Å². The topological polar surface area (TPSA) is 69.4 Å². The Morgan fingerprint density at radius 2 is 2.20 bits per heavy atom. The molecular weight excluding hydrogens is 198 g/mol. The predicted octanol–water partition coefficient (Wildman–Crippen LogP) is 1.38. The number of nitro benzene ring substituents is 1. The number of para-hydroxylation sites is 1. The molecule has 0 heterocycles. The van der Waals surface area contributed by atoms with Gasteiger partial charge < -0.3 is 4.74 Å². The zero-order chi connectivity index (χ0) is 11.3. The van der Waals surface area contributed by atoms with E-state index in [1.165, 1.54) is 24.3 Å². The van der Waals surface area contributed by atoms with Gasteiger partial charge in [0.15, 0.2) is 6.61 Å². The number of carbonyl (C=O) groups excluding carboxylic acids is 1. The fourth-order valence-corrected chi connectivity index (χ4v) is 0.990. The Hall–Kier alpha value is -2.35. The smallest absolute Gasteiger partial charge is 0.346 e. The third kappa shape index (κ3) is 2.54. The molecule has 0 radical (unpaired) electrons. The Labute approximate surface area is 85.8 Å². The monoisotopic (exact) mass is 205 g/mol. The van der Waals surface area contributed by atoms with E-state index in [2.05, 4.69) is 10.7 Å². The van der Waals surface area contributed by atoms with Crippen LogP contribution in [-0.2, 0) is 4.74 Å². The molecule has 0 saturated heterocycles. The summed E-state index contributed by atoms with van der Waals surface area (Å²) in [5.41, 5.74) is -0.391. The predicted molar refractivity (Wildman–Crippen MR) is 52.2 cm³/mol. The molecule has 0 saturated carbocycles. The Kier molecular flexibility index (Phi) is 3.41. The quantitative estimate of drug-likeness (QED) is 0.323. The molecule has 0 atom stereocenters. The van der Waals surface area contributed by atoms with Gasteiger partial charge >= 0.3 is 5.97 Å². The normalized spacial score (nSPS) is 9.00. The van der Waals surface area contributed by atoms with Crippen LogP contribution in [0.3, 0.4) is 0 Å². The lowest BCUT2D eigenvalue weighted by Gasteiger charge is -2.01. The van der Waals surface area contributed by atoms with E-state index in [-0.39, 0.29) is 17.9 Å². The molecule has 0 aliphatic rings. The van der Waals surface area contributed by atoms with Gasteiger partial charge in [0.2, 0.25) is 0 Å². The highest BCUT2D eigenvalue weighted by atomic mass is 16.6. The van der Waals surface area contributed by atoms with E-state index in [9.17, 15) is 14.9 Å². The van der Waals surface area contributed by atoms with Crippen molar-refractivity contribution in [3.63, 3.8) is 0 Å². The van der Waals surface area contributed by atoms with Gasteiger partial charge in [-0.15, -0.1) is 6.42 Å². The van der Waals surface area contributed by atoms with Gasteiger partial charge in [-0.1, -0.05) is 18.1 Å². The molecule has 0 aliphatic carbocycles. The van der Waals surface area contributed by atoms with Crippen LogP contribution in [0, 0.1) is 22.5 Å². The minimum Gasteiger partial charge on any atom is -0.449 e. The molecule has 76 valence electrons. The van der Waals surface area contributed by atoms with Gasteiger partial charge in [-0.25, -0.2) is 4.79 Å². The number of hydrogen-bond acceptors (Lipinski definition) is 4. The van der Waals surface area contributed by atoms with E-state index >= 15 is 0 Å². The van der Waals surface area contributed by atoms with Crippen LogP contribution in [0.25, 0.3) is 0 Å². The van der Waals surface area contributed by atoms with Crippen molar-refractivity contribution in [2.45, 2.75) is 0 Å². The van der Waals surface area contributed by atoms with Gasteiger partial charge in [0.1, 0.15) is 5.56 Å². The number of esters is 1. The van der Waals surface area contributed by atoms with E-state index in [0.717, 1.165) is 0 Å². The van der Waals surface area contributed by atoms with Crippen molar-refractivity contribution in [2.24, 2.45) is 0 Å². The number of benzene rings is 1. The fraction of sp³-hybridized carbons (Fsp3) is 0.100. The van der Waals surface area contributed by atoms with Gasteiger partial charge in [-0.05, 0) is 6.07 Å². The van der Waals surface area contributed by atoms with E-state index in [1.807, 2.05) is 0 Å². The van der Waals surface area contributed by atoms with Crippen LogP contribution < -0.4 is 0 Å². The second-order valence-electron chi connectivity index (χ2n) is 2.55. The van der Waals surface area contributed by atoms with Crippen LogP contribution >= 0.6 is 0 Å². The Morgan fingerprint density at radius 3 is 2.80 bits per heavy atom. The molecule has 0 spiro atoms. The Balaban J connectivity index is 2.98. The molecule has 5 nitrogen and oxygen atoms in total. The number of nitro groups is 1. The SMILES string of the molecule is C#CCOC(=O)c1ccccc1[N+](=O)[O-]. The molecule has 0 fully saturated rings. The molecule has 1 aromatic rings. The summed E-state index contributed by atoms with van der Waals surface area (Å²) in [4.78, 5) is 21.2. The number of nitrogens with zero attached hydrogens (tertiary/aromatic N) is 1. The largest absolute Gasteiger partial charge is 0.449 e. The van der Waals surface area contributed by atoms with Crippen LogP contribution in [0.2, 0.25) is 0 Å². The molecule has 0 N–H and O–H groups in total. The van der Waals surface area contributed by atoms with Crippen LogP contribution in [-0.4, -0.2) is 17.5 Å². The summed E-state index contributed by atoms with van der Waals surface area (Å²) < 4.78 is 4.59. The summed E-state index contributed by atoms with van der Waals surface area (Å²) in [6, 6.07) is 5.53. The summed E-state index contributed by atoms with van der Waals surface area (Å²) >= 11 is 0. The first-order valence-electron chi connectivity index (χ1n) is 4.01. The van der Waals surface area contributed by atoms with Crippen molar-refractivity contribution >= 4 is 11.7 Å². The third-order valence-electron chi connectivity index (χ3n) is 1.61. The highest BCUT2D eigenvalue weighted by molar-refractivity contribution is 5.93. The average molecular weight is 205 g/mol. The van der Waals surface area contributed by atoms with Crippen molar-refractivity contribution < 1.29 is 14.5 Å². The first-order chi connectivity index (χ1) is 7.16. The molecule has 0 unspecified atom stereocenters. The zero-order valence-electron chi connectivity index (χ0n) is 7.67. The van der Waals surface area contributed by atoms with Crippen molar-refractivity contribution in [3.8, 4) is 12.3 Å². The number of ether oxygens (including phenoxy) is 1. The van der Waals surface area contributed by atoms with Gasteiger partial charge in [-0.3, -0.25) is 10.1 Å². The summed E-state index contributed by atoms with van der Waals surface area (Å²) in [5.74, 6) is 1.31. The minimum atomic E-state index is -0.791. The second kappa shape index (κ2) is 4.77. The molecule has 1 rings (SSSR count). The Morgan fingerprint density at radius 1 is 1.53 bits per heavy atom. The molecule has 0 amide bonds. The van der Waals surface area contributed by atoms with Crippen molar-refractivity contribution in [1.82, 2.24) is 0 Å². The first kappa shape index (κ1) is 10.7. The zero-order valence-corrected chi connectivity index (χ0v) is 7.67. The first-order valence-corrected chi connectivity index (χ1v) is 4.01. The van der Waals surface area contributed by atoms with Crippen LogP contribution in [0.15, 0.2) is 24.3 Å². The Bertz CT molecular complexity index is 433. The standard InChI is InChI=1S/C10H7NO4/c1-2-7-15-10(12)8-5-3-4-6-9(8)11(13)14/h1,3-6H,7H2. The number of terminal acetylenes is 1. The minimum absolute atomic E-state index is 0.0993. The maximum atomic E-state index is 11.3. The van der Waals surface area contributed by atoms with Gasteiger partial charge in [0.05, 0.1) is 4.92 Å². The molecule has 15 heavy (non-hydrogen) atoms. The average Bonchev–Trinajstić information content (AvgIpc) is 2.25. The highest BCUT2D eigenvalue weighted by Gasteiger charge is 2.19. The van der Waals surface area contributed by atoms with Gasteiger partial charge in [-0.2, -0.15) is 0 Å². The molecule has 5 heteroatoms. The van der Waals surface area contributed by atoms with Gasteiger partial charge in [0, 0.05) is 6.07 Å². The van der Waals surface area contributed by atoms with E-state index in [4.69, 9.17) is 6.42 Å². The molecule has 0 aliphatic heterocycles. The van der Waals surface area contributed by atoms with Crippen molar-refractivity contribution in [2.75, 3.05) is 6.61 Å². The molecular formula is C10H7NO4. The summed E-state index contributed by atoms with van der Waals surface area (Å²) in [7, 11) is 0. The summed E-state index contributed by atoms with van der Waals surface area (Å²) in [6.07, 6.45) is 4.89. The second-order valence-corrected chi connectivity index (χ2v) is 2.55. The number of carbonyl (C=O) groups is 1. The number of rotatable bonds is 3. The van der Waals surface area contributed by atoms with E-state index < -0.39 is 10.9 Å². The highest BCUT2D eigenvalue weighted by Crippen LogP contribution is 2.18. The molecule has 0 bridgehead atoms. The third-order valence-corrected chi connectivity index (χ3v) is 1.61. The fourth-order valence-electron chi connectivity index (χ4n) is 0.990. The maximum Gasteiger partial charge on any atom is 0.346 e. The van der Waals surface area contributed by atoms with E-state index in [1.54, 1.807) is 0 Å². The molecule has 1 aromatic carbocycles. The lowest BCUT2D eigenvalue weighted by Crippen LogP contribution is -2.08. The van der Waals surface area contributed by atoms with Crippen LogP contribution in [0.4, 0.5) is 5.69 Å². The van der Waals surface area contributed by atoms with Crippen molar-refractivity contribution in [1.29, 1.82) is 0 Å². The molecule has 0 aromatic heterocycles. The van der Waals surface area contributed by atoms with E-state index in [0.29, 0.717) is 0 Å². The summed E-state index contributed by atoms with van der Waals surface area (Å²) in [5, 5.41) is 10.6. The van der Waals surface area contributed by atoms with Crippen molar-refractivity contribution in [3.05, 3.63) is 39.9 Å². The maximum absolute atomic E-state index is 11.3. The van der Waals surface area contributed by atoms with Gasteiger partial charge in [0.25, 0.3) is 5.69 Å². The van der Waals surface area contributed by atoms with Crippen LogP contribution in [0.5, 0.6) is 0 Å². The lowest BCUT2D eigenvalue weighted by molar-refractivity contribution is -0.385. The lowest BCUT2D eigenvalue weighted by atomic mass is 10.2. The summed E-state index contributed by atoms with van der Waals surface area (Å²) in [6.45, 7) is -0.203. The number of hydrogen-bond donors (Lipinski definition) is 0.